The molecule has 0 fully saturated rings. The lowest BCUT2D eigenvalue weighted by molar-refractivity contribution is -0.131. The summed E-state index contributed by atoms with van der Waals surface area (Å²) in [5.74, 6) is 0.371. The number of aromatic nitrogens is 3. The molecule has 0 aliphatic carbocycles. The van der Waals surface area contributed by atoms with Crippen LogP contribution in [0.5, 0.6) is 5.75 Å². The minimum absolute atomic E-state index is 0.131. The largest absolute Gasteiger partial charge is 0.488 e. The third-order valence-electron chi connectivity index (χ3n) is 3.75. The van der Waals surface area contributed by atoms with Crippen molar-refractivity contribution in [2.45, 2.75) is 25.1 Å². The topological polar surface area (TPSA) is 88.1 Å². The van der Waals surface area contributed by atoms with Crippen LogP contribution < -0.4 is 4.74 Å². The maximum absolute atomic E-state index is 11.6. The molecule has 0 amide bonds. The highest BCUT2D eigenvalue weighted by atomic mass is 79.9. The quantitative estimate of drug-likeness (QED) is 0.366. The number of H-pyrrole nitrogens is 1. The molecular formula is C20H18BrN3O3S. The molecule has 6 nitrogen and oxygen atoms in total. The maximum Gasteiger partial charge on any atom is 0.342 e. The van der Waals surface area contributed by atoms with Crippen molar-refractivity contribution in [3.05, 3.63) is 74.9 Å². The van der Waals surface area contributed by atoms with Crippen molar-refractivity contribution >= 4 is 39.7 Å². The Morgan fingerprint density at radius 2 is 2.07 bits per heavy atom. The van der Waals surface area contributed by atoms with Crippen LogP contribution in [0, 0.1) is 0 Å². The molecule has 0 unspecified atom stereocenters. The Bertz CT molecular complexity index is 989. The molecule has 2 aromatic carbocycles. The van der Waals surface area contributed by atoms with Crippen molar-refractivity contribution in [3.8, 4) is 5.75 Å². The molecule has 8 heteroatoms. The van der Waals surface area contributed by atoms with Gasteiger partial charge in [-0.3, -0.25) is 5.10 Å². The van der Waals surface area contributed by atoms with Gasteiger partial charge in [-0.25, -0.2) is 9.78 Å². The Morgan fingerprint density at radius 1 is 1.29 bits per heavy atom. The number of aliphatic carboxylic acids is 1. The van der Waals surface area contributed by atoms with Gasteiger partial charge in [-0.05, 0) is 57.0 Å². The van der Waals surface area contributed by atoms with Gasteiger partial charge in [0.15, 0.2) is 0 Å². The molecule has 0 aliphatic heterocycles. The van der Waals surface area contributed by atoms with Crippen LogP contribution >= 0.6 is 27.7 Å². The summed E-state index contributed by atoms with van der Waals surface area (Å²) >= 11 is 4.50. The molecule has 28 heavy (non-hydrogen) atoms. The number of carboxylic acids is 1. The standard InChI is InChI=1S/C20H18BrN3O3S/c1-2-18-22-20(24-23-18)28-17(19(25)26)11-14-8-9-16(15(21)10-14)27-12-13-6-4-3-5-7-13/h3-11H,2,12H2,1H3,(H,25,26)(H,22,23,24)/b17-11-. The minimum Gasteiger partial charge on any atom is -0.488 e. The fraction of sp³-hybridized carbons (Fsp3) is 0.150. The van der Waals surface area contributed by atoms with Gasteiger partial charge in [0.05, 0.1) is 4.47 Å². The second kappa shape index (κ2) is 9.57. The number of aromatic amines is 1. The van der Waals surface area contributed by atoms with Gasteiger partial charge in [0.1, 0.15) is 23.1 Å². The van der Waals surface area contributed by atoms with Crippen LogP contribution in [-0.4, -0.2) is 26.3 Å². The highest BCUT2D eigenvalue weighted by molar-refractivity contribution is 9.10. The van der Waals surface area contributed by atoms with Crippen molar-refractivity contribution < 1.29 is 14.6 Å². The van der Waals surface area contributed by atoms with Gasteiger partial charge in [-0.1, -0.05) is 43.3 Å². The van der Waals surface area contributed by atoms with Crippen LogP contribution in [0.2, 0.25) is 0 Å². The smallest absolute Gasteiger partial charge is 0.342 e. The molecule has 0 radical (unpaired) electrons. The van der Waals surface area contributed by atoms with E-state index >= 15 is 0 Å². The van der Waals surface area contributed by atoms with Crippen molar-refractivity contribution in [3.63, 3.8) is 0 Å². The Labute approximate surface area is 175 Å². The zero-order valence-electron chi connectivity index (χ0n) is 15.1. The number of halogens is 1. The van der Waals surface area contributed by atoms with Crippen LogP contribution in [0.15, 0.2) is 63.1 Å². The van der Waals surface area contributed by atoms with E-state index in [2.05, 4.69) is 31.1 Å². The molecule has 3 aromatic rings. The molecule has 3 rings (SSSR count). The second-order valence-corrected chi connectivity index (χ2v) is 7.66. The zero-order valence-corrected chi connectivity index (χ0v) is 17.5. The van der Waals surface area contributed by atoms with Gasteiger partial charge >= 0.3 is 5.97 Å². The molecule has 0 saturated heterocycles. The van der Waals surface area contributed by atoms with Gasteiger partial charge in [0.25, 0.3) is 0 Å². The van der Waals surface area contributed by atoms with E-state index in [9.17, 15) is 9.90 Å². The number of nitrogens with one attached hydrogen (secondary N) is 1. The van der Waals surface area contributed by atoms with Crippen LogP contribution in [-0.2, 0) is 17.8 Å². The normalized spacial score (nSPS) is 11.4. The van der Waals surface area contributed by atoms with E-state index in [0.717, 1.165) is 33.2 Å². The number of benzene rings is 2. The summed E-state index contributed by atoms with van der Waals surface area (Å²) in [6, 6.07) is 15.3. The highest BCUT2D eigenvalue weighted by Gasteiger charge is 2.14. The predicted molar refractivity (Wildman–Crippen MR) is 112 cm³/mol. The Hall–Kier alpha value is -2.58. The fourth-order valence-electron chi connectivity index (χ4n) is 2.33. The molecule has 2 N–H and O–H groups in total. The summed E-state index contributed by atoms with van der Waals surface area (Å²) in [4.78, 5) is 16.0. The summed E-state index contributed by atoms with van der Waals surface area (Å²) < 4.78 is 6.58. The van der Waals surface area contributed by atoms with E-state index < -0.39 is 5.97 Å². The zero-order chi connectivity index (χ0) is 19.9. The average molecular weight is 460 g/mol. The molecule has 1 aromatic heterocycles. The van der Waals surface area contributed by atoms with Crippen LogP contribution in [0.3, 0.4) is 0 Å². The summed E-state index contributed by atoms with van der Waals surface area (Å²) in [6.07, 6.45) is 2.29. The maximum atomic E-state index is 11.6. The van der Waals surface area contributed by atoms with E-state index in [1.165, 1.54) is 0 Å². The number of aryl methyl sites for hydroxylation is 1. The van der Waals surface area contributed by atoms with Crippen LogP contribution in [0.25, 0.3) is 6.08 Å². The molecule has 0 atom stereocenters. The monoisotopic (exact) mass is 459 g/mol. The Balaban J connectivity index is 1.73. The molecule has 0 bridgehead atoms. The number of hydrogen-bond acceptors (Lipinski definition) is 5. The van der Waals surface area contributed by atoms with Crippen LogP contribution in [0.1, 0.15) is 23.9 Å². The average Bonchev–Trinajstić information content (AvgIpc) is 3.15. The summed E-state index contributed by atoms with van der Waals surface area (Å²) in [6.45, 7) is 2.40. The first-order valence-corrected chi connectivity index (χ1v) is 10.2. The number of nitrogens with zero attached hydrogens (tertiary/aromatic N) is 2. The van der Waals surface area contributed by atoms with Gasteiger partial charge in [-0.2, -0.15) is 0 Å². The molecule has 1 heterocycles. The van der Waals surface area contributed by atoms with Gasteiger partial charge in [0.2, 0.25) is 5.16 Å². The van der Waals surface area contributed by atoms with E-state index in [1.807, 2.05) is 55.5 Å². The number of ether oxygens (including phenoxy) is 1. The fourth-order valence-corrected chi connectivity index (χ4v) is 3.56. The SMILES string of the molecule is CCc1nc(S/C(=C\c2ccc(OCc3ccccc3)c(Br)c2)C(=O)O)n[nH]1. The lowest BCUT2D eigenvalue weighted by Gasteiger charge is -2.09. The van der Waals surface area contributed by atoms with E-state index in [4.69, 9.17) is 4.74 Å². The first-order valence-electron chi connectivity index (χ1n) is 8.55. The number of carbonyl (C=O) groups is 1. The summed E-state index contributed by atoms with van der Waals surface area (Å²) in [7, 11) is 0. The van der Waals surface area contributed by atoms with E-state index in [-0.39, 0.29) is 4.91 Å². The predicted octanol–water partition coefficient (Wildman–Crippen LogP) is 4.93. The number of hydrogen-bond donors (Lipinski definition) is 2. The Kier molecular flexibility index (Phi) is 6.89. The molecule has 0 spiro atoms. The molecule has 144 valence electrons. The summed E-state index contributed by atoms with van der Waals surface area (Å²) in [5.41, 5.74) is 1.80. The minimum atomic E-state index is -1.03. The summed E-state index contributed by atoms with van der Waals surface area (Å²) in [5, 5.41) is 16.7. The van der Waals surface area contributed by atoms with Crippen molar-refractivity contribution in [1.82, 2.24) is 15.2 Å². The number of thioether (sulfide) groups is 1. The third-order valence-corrected chi connectivity index (χ3v) is 5.25. The van der Waals surface area contributed by atoms with Crippen molar-refractivity contribution in [2.24, 2.45) is 0 Å². The van der Waals surface area contributed by atoms with Gasteiger partial charge in [-0.15, -0.1) is 5.10 Å². The lowest BCUT2D eigenvalue weighted by Crippen LogP contribution is -1.98. The third kappa shape index (κ3) is 5.46. The van der Waals surface area contributed by atoms with Crippen molar-refractivity contribution in [2.75, 3.05) is 0 Å². The van der Waals surface area contributed by atoms with Crippen LogP contribution in [0.4, 0.5) is 0 Å². The lowest BCUT2D eigenvalue weighted by atomic mass is 10.2. The second-order valence-electron chi connectivity index (χ2n) is 5.80. The van der Waals surface area contributed by atoms with E-state index in [1.54, 1.807) is 6.08 Å². The first-order chi connectivity index (χ1) is 13.5. The number of carboxylic acid groups (broad SMARTS) is 1. The van der Waals surface area contributed by atoms with Gasteiger partial charge in [0, 0.05) is 6.42 Å². The van der Waals surface area contributed by atoms with E-state index in [0.29, 0.717) is 23.9 Å². The number of rotatable bonds is 8. The molecule has 0 aliphatic rings. The highest BCUT2D eigenvalue weighted by Crippen LogP contribution is 2.30. The Morgan fingerprint density at radius 3 is 2.71 bits per heavy atom. The van der Waals surface area contributed by atoms with Crippen molar-refractivity contribution in [1.29, 1.82) is 0 Å². The first kappa shape index (κ1) is 20.2. The molecule has 0 saturated carbocycles. The van der Waals surface area contributed by atoms with Gasteiger partial charge < -0.3 is 9.84 Å². The molecular weight excluding hydrogens is 442 g/mol.